The molecular weight excluding hydrogens is 244 g/mol. The van der Waals surface area contributed by atoms with Crippen molar-refractivity contribution in [2.45, 2.75) is 19.6 Å². The predicted octanol–water partition coefficient (Wildman–Crippen LogP) is 3.51. The summed E-state index contributed by atoms with van der Waals surface area (Å²) < 4.78 is 0.969. The molecule has 0 heterocycles. The lowest BCUT2D eigenvalue weighted by Crippen LogP contribution is -2.33. The van der Waals surface area contributed by atoms with Crippen LogP contribution in [-0.2, 0) is 0 Å². The molecule has 1 aromatic carbocycles. The maximum Gasteiger partial charge on any atom is 0.139 e. The molecule has 0 aliphatic carbocycles. The Kier molecular flexibility index (Phi) is 3.08. The summed E-state index contributed by atoms with van der Waals surface area (Å²) in [4.78, 5) is 11.9. The van der Waals surface area contributed by atoms with Crippen LogP contribution in [-0.4, -0.2) is 13.5 Å². The van der Waals surface area contributed by atoms with Crippen LogP contribution in [0.3, 0.4) is 0 Å². The van der Waals surface area contributed by atoms with Gasteiger partial charge >= 0.3 is 0 Å². The molecular formula is C10H13BrOSi. The normalized spacial score (nSPS) is 11.4. The van der Waals surface area contributed by atoms with Crippen molar-refractivity contribution in [1.29, 1.82) is 0 Å². The highest BCUT2D eigenvalue weighted by molar-refractivity contribution is 9.10. The average molecular weight is 257 g/mol. The minimum Gasteiger partial charge on any atom is -0.300 e. The molecule has 0 unspecified atom stereocenters. The molecule has 0 aliphatic heterocycles. The molecule has 1 rings (SSSR count). The van der Waals surface area contributed by atoms with Crippen molar-refractivity contribution in [1.82, 2.24) is 0 Å². The van der Waals surface area contributed by atoms with Gasteiger partial charge < -0.3 is 4.79 Å². The summed E-state index contributed by atoms with van der Waals surface area (Å²) in [5.74, 6) is 0. The zero-order chi connectivity index (χ0) is 10.1. The van der Waals surface area contributed by atoms with E-state index in [0.29, 0.717) is 5.41 Å². The lowest BCUT2D eigenvalue weighted by Gasteiger charge is -2.13. The van der Waals surface area contributed by atoms with Gasteiger partial charge in [-0.1, -0.05) is 47.7 Å². The lowest BCUT2D eigenvalue weighted by molar-refractivity contribution is 0.106. The maximum absolute atomic E-state index is 11.9. The van der Waals surface area contributed by atoms with E-state index < -0.39 is 8.07 Å². The van der Waals surface area contributed by atoms with Crippen LogP contribution in [0, 0.1) is 0 Å². The van der Waals surface area contributed by atoms with Crippen LogP contribution >= 0.6 is 15.9 Å². The van der Waals surface area contributed by atoms with Gasteiger partial charge in [-0.25, -0.2) is 0 Å². The Morgan fingerprint density at radius 2 is 1.92 bits per heavy atom. The molecule has 0 aromatic heterocycles. The molecule has 1 nitrogen and oxygen atoms in total. The van der Waals surface area contributed by atoms with Crippen molar-refractivity contribution in [3.63, 3.8) is 0 Å². The maximum atomic E-state index is 11.9. The van der Waals surface area contributed by atoms with Gasteiger partial charge in [-0.3, -0.25) is 0 Å². The molecule has 0 spiro atoms. The Labute approximate surface area is 88.3 Å². The Morgan fingerprint density at radius 3 is 2.38 bits per heavy atom. The summed E-state index contributed by atoms with van der Waals surface area (Å²) in [6.07, 6.45) is 0. The Hall–Kier alpha value is -0.413. The summed E-state index contributed by atoms with van der Waals surface area (Å²) in [6, 6.07) is 7.60. The lowest BCUT2D eigenvalue weighted by atomic mass is 10.2. The number of carbonyl (C=O) groups is 1. The van der Waals surface area contributed by atoms with E-state index in [9.17, 15) is 4.79 Å². The third-order valence-corrected chi connectivity index (χ3v) is 3.91. The SMILES string of the molecule is C[Si](C)(C)C(=O)c1cccc(Br)c1. The van der Waals surface area contributed by atoms with Crippen LogP contribution in [0.25, 0.3) is 0 Å². The number of rotatable bonds is 2. The molecule has 1 aromatic rings. The van der Waals surface area contributed by atoms with Gasteiger partial charge in [0.15, 0.2) is 0 Å². The molecule has 0 atom stereocenters. The molecule has 0 amide bonds. The van der Waals surface area contributed by atoms with Crippen LogP contribution in [0.1, 0.15) is 10.4 Å². The molecule has 0 N–H and O–H groups in total. The highest BCUT2D eigenvalue weighted by Gasteiger charge is 2.25. The number of hydrogen-bond donors (Lipinski definition) is 0. The number of halogens is 1. The van der Waals surface area contributed by atoms with Gasteiger partial charge in [-0.15, -0.1) is 0 Å². The van der Waals surface area contributed by atoms with Crippen molar-refractivity contribution in [2.24, 2.45) is 0 Å². The number of carbonyl (C=O) groups excluding carboxylic acids is 1. The molecule has 70 valence electrons. The topological polar surface area (TPSA) is 17.1 Å². The molecule has 3 heteroatoms. The molecule has 0 radical (unpaired) electrons. The van der Waals surface area contributed by atoms with E-state index in [1.54, 1.807) is 0 Å². The monoisotopic (exact) mass is 256 g/mol. The van der Waals surface area contributed by atoms with E-state index in [-0.39, 0.29) is 0 Å². The fraction of sp³-hybridized carbons (Fsp3) is 0.300. The summed E-state index contributed by atoms with van der Waals surface area (Å²) in [5, 5.41) is 0.314. The average Bonchev–Trinajstić information content (AvgIpc) is 2.01. The first kappa shape index (κ1) is 10.7. The molecule has 0 saturated heterocycles. The Balaban J connectivity index is 3.03. The van der Waals surface area contributed by atoms with Crippen molar-refractivity contribution in [2.75, 3.05) is 0 Å². The molecule has 0 fully saturated rings. The van der Waals surface area contributed by atoms with E-state index in [4.69, 9.17) is 0 Å². The van der Waals surface area contributed by atoms with E-state index >= 15 is 0 Å². The Bertz CT molecular complexity index is 328. The Morgan fingerprint density at radius 1 is 1.31 bits per heavy atom. The van der Waals surface area contributed by atoms with Gasteiger partial charge in [-0.2, -0.15) is 0 Å². The fourth-order valence-electron chi connectivity index (χ4n) is 1.06. The van der Waals surface area contributed by atoms with E-state index in [0.717, 1.165) is 10.0 Å². The smallest absolute Gasteiger partial charge is 0.139 e. The van der Waals surface area contributed by atoms with Crippen LogP contribution < -0.4 is 0 Å². The van der Waals surface area contributed by atoms with Gasteiger partial charge in [0.25, 0.3) is 0 Å². The molecule has 0 bridgehead atoms. The third-order valence-electron chi connectivity index (χ3n) is 1.77. The van der Waals surface area contributed by atoms with Crippen LogP contribution in [0.4, 0.5) is 0 Å². The van der Waals surface area contributed by atoms with Crippen molar-refractivity contribution in [3.8, 4) is 0 Å². The number of hydrogen-bond acceptors (Lipinski definition) is 1. The predicted molar refractivity (Wildman–Crippen MR) is 61.8 cm³/mol. The van der Waals surface area contributed by atoms with Crippen molar-refractivity contribution < 1.29 is 4.79 Å². The van der Waals surface area contributed by atoms with Gasteiger partial charge in [-0.05, 0) is 12.1 Å². The van der Waals surface area contributed by atoms with E-state index in [1.165, 1.54) is 0 Å². The highest BCUT2D eigenvalue weighted by atomic mass is 79.9. The van der Waals surface area contributed by atoms with Gasteiger partial charge in [0.1, 0.15) is 13.5 Å². The fourth-order valence-corrected chi connectivity index (χ4v) is 2.48. The number of benzene rings is 1. The molecule has 13 heavy (non-hydrogen) atoms. The summed E-state index contributed by atoms with van der Waals surface area (Å²) in [5.41, 5.74) is 0.827. The quantitative estimate of drug-likeness (QED) is 0.741. The standard InChI is InChI=1S/C10H13BrOSi/c1-13(2,3)10(12)8-5-4-6-9(11)7-8/h4-7H,1-3H3. The third kappa shape index (κ3) is 2.78. The zero-order valence-electron chi connectivity index (χ0n) is 8.10. The second kappa shape index (κ2) is 3.76. The highest BCUT2D eigenvalue weighted by Crippen LogP contribution is 2.16. The molecule has 0 saturated carbocycles. The largest absolute Gasteiger partial charge is 0.300 e. The summed E-state index contributed by atoms with van der Waals surface area (Å²) >= 11 is 3.36. The first-order valence-electron chi connectivity index (χ1n) is 4.21. The van der Waals surface area contributed by atoms with Gasteiger partial charge in [0.05, 0.1) is 0 Å². The minimum atomic E-state index is -1.68. The zero-order valence-corrected chi connectivity index (χ0v) is 10.7. The second-order valence-corrected chi connectivity index (χ2v) is 9.96. The summed E-state index contributed by atoms with van der Waals surface area (Å²) in [7, 11) is -1.68. The van der Waals surface area contributed by atoms with Crippen LogP contribution in [0.2, 0.25) is 19.6 Å². The first-order valence-corrected chi connectivity index (χ1v) is 8.51. The van der Waals surface area contributed by atoms with Crippen LogP contribution in [0.15, 0.2) is 28.7 Å². The van der Waals surface area contributed by atoms with E-state index in [1.807, 2.05) is 24.3 Å². The van der Waals surface area contributed by atoms with Crippen LogP contribution in [0.5, 0.6) is 0 Å². The van der Waals surface area contributed by atoms with Gasteiger partial charge in [0.2, 0.25) is 0 Å². The minimum absolute atomic E-state index is 0.314. The summed E-state index contributed by atoms with van der Waals surface area (Å²) in [6.45, 7) is 6.20. The van der Waals surface area contributed by atoms with Crippen molar-refractivity contribution >= 4 is 29.4 Å². The first-order chi connectivity index (χ1) is 5.91. The van der Waals surface area contributed by atoms with Crippen molar-refractivity contribution in [3.05, 3.63) is 34.3 Å². The van der Waals surface area contributed by atoms with E-state index in [2.05, 4.69) is 35.6 Å². The second-order valence-electron chi connectivity index (χ2n) is 4.09. The van der Waals surface area contributed by atoms with Gasteiger partial charge in [0, 0.05) is 10.0 Å². The molecule has 0 aliphatic rings.